The van der Waals surface area contributed by atoms with Gasteiger partial charge in [-0.05, 0) is 64.0 Å². The van der Waals surface area contributed by atoms with E-state index in [2.05, 4.69) is 0 Å². The van der Waals surface area contributed by atoms with Gasteiger partial charge in [0.1, 0.15) is 29.5 Å². The van der Waals surface area contributed by atoms with Crippen LogP contribution in [0.1, 0.15) is 80.6 Å². The number of cyclic esters (lactones) is 1. The van der Waals surface area contributed by atoms with Gasteiger partial charge in [0.05, 0.1) is 24.7 Å². The molecule has 0 amide bonds. The van der Waals surface area contributed by atoms with Crippen molar-refractivity contribution in [3.8, 4) is 0 Å². The third-order valence-corrected chi connectivity index (χ3v) is 7.78. The molecule has 0 unspecified atom stereocenters. The zero-order valence-corrected chi connectivity index (χ0v) is 24.4. The number of hydrogen-bond donors (Lipinski definition) is 4. The second kappa shape index (κ2) is 14.0. The Morgan fingerprint density at radius 1 is 1.23 bits per heavy atom. The summed E-state index contributed by atoms with van der Waals surface area (Å²) in [5.74, 6) is -1.36. The van der Waals surface area contributed by atoms with Crippen molar-refractivity contribution in [2.75, 3.05) is 0 Å². The van der Waals surface area contributed by atoms with Crippen LogP contribution in [0.4, 0.5) is 0 Å². The summed E-state index contributed by atoms with van der Waals surface area (Å²) in [5.41, 5.74) is -1.94. The summed E-state index contributed by atoms with van der Waals surface area (Å²) >= 11 is 0. The fraction of sp³-hybridized carbons (Fsp3) is 0.733. The highest BCUT2D eigenvalue weighted by atomic mass is 16.6. The lowest BCUT2D eigenvalue weighted by atomic mass is 9.88. The lowest BCUT2D eigenvalue weighted by molar-refractivity contribution is -0.157. The molecule has 2 aliphatic rings. The number of esters is 2. The van der Waals surface area contributed by atoms with Crippen LogP contribution in [0.2, 0.25) is 0 Å². The molecule has 2 heterocycles. The normalized spacial score (nSPS) is 40.4. The summed E-state index contributed by atoms with van der Waals surface area (Å²) in [6, 6.07) is 0. The first-order valence-corrected chi connectivity index (χ1v) is 13.9. The second-order valence-corrected chi connectivity index (χ2v) is 11.7. The Bertz CT molecular complexity index is 919. The minimum absolute atomic E-state index is 0.0400. The molecule has 0 aromatic rings. The van der Waals surface area contributed by atoms with Gasteiger partial charge in [0.25, 0.3) is 0 Å². The van der Waals surface area contributed by atoms with E-state index in [1.165, 1.54) is 6.92 Å². The Labute approximate surface area is 232 Å². The summed E-state index contributed by atoms with van der Waals surface area (Å²) < 4.78 is 17.0. The summed E-state index contributed by atoms with van der Waals surface area (Å²) in [6.07, 6.45) is 5.79. The number of hydrogen-bond acceptors (Lipinski definition) is 9. The van der Waals surface area contributed by atoms with Gasteiger partial charge in [-0.15, -0.1) is 0 Å². The second-order valence-electron chi connectivity index (χ2n) is 11.7. The van der Waals surface area contributed by atoms with E-state index in [9.17, 15) is 30.0 Å². The van der Waals surface area contributed by atoms with Gasteiger partial charge in [0, 0.05) is 12.8 Å². The average molecular weight is 553 g/mol. The fourth-order valence-electron chi connectivity index (χ4n) is 5.25. The largest absolute Gasteiger partial charge is 0.457 e. The molecule has 222 valence electrons. The average Bonchev–Trinajstić information content (AvgIpc) is 3.05. The molecule has 0 bridgehead atoms. The number of ether oxygens (including phenoxy) is 3. The molecule has 1 fully saturated rings. The van der Waals surface area contributed by atoms with Gasteiger partial charge in [0.15, 0.2) is 0 Å². The van der Waals surface area contributed by atoms with E-state index in [4.69, 9.17) is 14.2 Å². The summed E-state index contributed by atoms with van der Waals surface area (Å²) in [6.45, 7) is 12.0. The van der Waals surface area contributed by atoms with Gasteiger partial charge in [-0.2, -0.15) is 0 Å². The molecule has 0 spiro atoms. The molecule has 4 N–H and O–H groups in total. The Kier molecular flexibility index (Phi) is 11.9. The van der Waals surface area contributed by atoms with Crippen LogP contribution in [0.15, 0.2) is 36.0 Å². The van der Waals surface area contributed by atoms with Crippen molar-refractivity contribution in [2.24, 2.45) is 11.8 Å². The first-order valence-electron chi connectivity index (χ1n) is 13.9. The molecule has 0 aromatic carbocycles. The monoisotopic (exact) mass is 552 g/mol. The van der Waals surface area contributed by atoms with Crippen LogP contribution in [-0.4, -0.2) is 80.2 Å². The van der Waals surface area contributed by atoms with E-state index in [1.807, 2.05) is 45.9 Å². The molecule has 39 heavy (non-hydrogen) atoms. The first-order chi connectivity index (χ1) is 18.1. The number of rotatable bonds is 7. The van der Waals surface area contributed by atoms with Crippen LogP contribution >= 0.6 is 0 Å². The molecule has 0 saturated carbocycles. The minimum Gasteiger partial charge on any atom is -0.457 e. The highest BCUT2D eigenvalue weighted by Crippen LogP contribution is 2.35. The third-order valence-electron chi connectivity index (χ3n) is 7.78. The van der Waals surface area contributed by atoms with Crippen LogP contribution in [-0.2, 0) is 23.8 Å². The van der Waals surface area contributed by atoms with Gasteiger partial charge in [-0.3, -0.25) is 9.59 Å². The zero-order valence-electron chi connectivity index (χ0n) is 24.4. The zero-order chi connectivity index (χ0) is 29.5. The van der Waals surface area contributed by atoms with Gasteiger partial charge in [0.2, 0.25) is 0 Å². The van der Waals surface area contributed by atoms with Gasteiger partial charge >= 0.3 is 11.9 Å². The number of carbonyl (C=O) groups excluding carboxylic acids is 2. The quantitative estimate of drug-likeness (QED) is 0.213. The Morgan fingerprint density at radius 2 is 1.90 bits per heavy atom. The molecule has 0 aromatic heterocycles. The van der Waals surface area contributed by atoms with Crippen molar-refractivity contribution in [3.05, 3.63) is 36.0 Å². The molecule has 0 radical (unpaired) electrons. The lowest BCUT2D eigenvalue weighted by Crippen LogP contribution is -2.45. The van der Waals surface area contributed by atoms with Crippen molar-refractivity contribution in [2.45, 2.75) is 128 Å². The van der Waals surface area contributed by atoms with Gasteiger partial charge in [-0.1, -0.05) is 45.1 Å². The van der Waals surface area contributed by atoms with E-state index in [-0.39, 0.29) is 31.1 Å². The lowest BCUT2D eigenvalue weighted by Gasteiger charge is -2.32. The van der Waals surface area contributed by atoms with E-state index >= 15 is 0 Å². The smallest absolute Gasteiger partial charge is 0.309 e. The van der Waals surface area contributed by atoms with E-state index < -0.39 is 59.8 Å². The minimum atomic E-state index is -1.42. The summed E-state index contributed by atoms with van der Waals surface area (Å²) in [5, 5.41) is 42.4. The van der Waals surface area contributed by atoms with Crippen molar-refractivity contribution in [1.82, 2.24) is 0 Å². The molecule has 9 nitrogen and oxygen atoms in total. The number of aliphatic hydroxyl groups excluding tert-OH is 2. The highest BCUT2D eigenvalue weighted by Gasteiger charge is 2.50. The van der Waals surface area contributed by atoms with Crippen molar-refractivity contribution >= 4 is 11.9 Å². The van der Waals surface area contributed by atoms with Crippen molar-refractivity contribution < 1.29 is 44.2 Å². The standard InChI is InChI=1S/C30H48O9/c1-8-24-30(7,36)28(34)23(38-24)16-18(2)10-9-11-19(3)27-20(4)12-13-25(37-21(5)31)29(6,35)15-14-22(32)17-26(33)39-27/h9-13,18,20,22-25,27-28,32,34-36H,8,14-17H2,1-7H3/b10-9+,13-12+,19-11+/t18-,20-,22+,23+,24+,25-,27-,28+,29-,30+/m0/s1. The Balaban J connectivity index is 2.19. The van der Waals surface area contributed by atoms with Crippen molar-refractivity contribution in [1.29, 1.82) is 0 Å². The third kappa shape index (κ3) is 9.25. The van der Waals surface area contributed by atoms with E-state index in [0.717, 1.165) is 5.57 Å². The topological polar surface area (TPSA) is 143 Å². The molecular weight excluding hydrogens is 504 g/mol. The molecule has 10 atom stereocenters. The highest BCUT2D eigenvalue weighted by molar-refractivity contribution is 5.70. The maximum Gasteiger partial charge on any atom is 0.309 e. The predicted octanol–water partition coefficient (Wildman–Crippen LogP) is 3.14. The predicted molar refractivity (Wildman–Crippen MR) is 146 cm³/mol. The molecule has 2 aliphatic heterocycles. The summed E-state index contributed by atoms with van der Waals surface area (Å²) in [4.78, 5) is 24.3. The number of allylic oxidation sites excluding steroid dienone is 3. The van der Waals surface area contributed by atoms with Gasteiger partial charge < -0.3 is 34.6 Å². The van der Waals surface area contributed by atoms with Gasteiger partial charge in [-0.25, -0.2) is 0 Å². The van der Waals surface area contributed by atoms with Crippen LogP contribution in [0.25, 0.3) is 0 Å². The fourth-order valence-corrected chi connectivity index (χ4v) is 5.25. The van der Waals surface area contributed by atoms with Crippen LogP contribution in [0.3, 0.4) is 0 Å². The molecule has 1 saturated heterocycles. The molecule has 9 heteroatoms. The Hall–Kier alpha value is -2.04. The van der Waals surface area contributed by atoms with Crippen LogP contribution < -0.4 is 0 Å². The number of aliphatic hydroxyl groups is 4. The molecule has 0 aliphatic carbocycles. The van der Waals surface area contributed by atoms with Crippen LogP contribution in [0.5, 0.6) is 0 Å². The molecule has 2 rings (SSSR count). The SMILES string of the molecule is CC[C@H]1O[C@H](C[C@@H](C)/C=C/C=C(\C)[C@@H]2OC(=O)C[C@H](O)CC[C@](C)(O)[C@@H](OC(C)=O)/C=C/[C@@H]2C)[C@@H](O)[C@]1(C)O. The Morgan fingerprint density at radius 3 is 2.49 bits per heavy atom. The van der Waals surface area contributed by atoms with E-state index in [1.54, 1.807) is 26.0 Å². The maximum absolute atomic E-state index is 12.6. The van der Waals surface area contributed by atoms with Crippen LogP contribution in [0, 0.1) is 11.8 Å². The summed E-state index contributed by atoms with van der Waals surface area (Å²) in [7, 11) is 0. The molecular formula is C30H48O9. The first kappa shape index (κ1) is 33.2. The van der Waals surface area contributed by atoms with E-state index in [0.29, 0.717) is 12.8 Å². The maximum atomic E-state index is 12.6. The number of carbonyl (C=O) groups is 2. The van der Waals surface area contributed by atoms with Crippen molar-refractivity contribution in [3.63, 3.8) is 0 Å².